The van der Waals surface area contributed by atoms with Crippen LogP contribution in [0, 0.1) is 0 Å². The summed E-state index contributed by atoms with van der Waals surface area (Å²) in [6.45, 7) is 7.98. The second-order valence-corrected chi connectivity index (χ2v) is 4.65. The molecule has 106 valence electrons. The highest BCUT2D eigenvalue weighted by atomic mass is 16.5. The molecule has 2 N–H and O–H groups in total. The molecule has 0 atom stereocenters. The van der Waals surface area contributed by atoms with Gasteiger partial charge < -0.3 is 15.4 Å². The highest BCUT2D eigenvalue weighted by molar-refractivity contribution is 5.99. The molecule has 0 aliphatic heterocycles. The van der Waals surface area contributed by atoms with Gasteiger partial charge in [-0.1, -0.05) is 19.1 Å². The Morgan fingerprint density at radius 1 is 1.26 bits per heavy atom. The van der Waals surface area contributed by atoms with E-state index in [9.17, 15) is 4.79 Å². The van der Waals surface area contributed by atoms with Crippen LogP contribution < -0.4 is 10.6 Å². The lowest BCUT2D eigenvalue weighted by Crippen LogP contribution is -2.28. The van der Waals surface area contributed by atoms with Gasteiger partial charge in [0.2, 0.25) is 0 Å². The van der Waals surface area contributed by atoms with Gasteiger partial charge in [0, 0.05) is 18.8 Å². The first-order valence-electron chi connectivity index (χ1n) is 6.87. The monoisotopic (exact) mass is 264 g/mol. The zero-order chi connectivity index (χ0) is 14.1. The summed E-state index contributed by atoms with van der Waals surface area (Å²) in [4.78, 5) is 12.1. The highest BCUT2D eigenvalue weighted by Gasteiger charge is 2.09. The van der Waals surface area contributed by atoms with Gasteiger partial charge in [0.15, 0.2) is 0 Å². The number of hydrogen-bond donors (Lipinski definition) is 2. The zero-order valence-corrected chi connectivity index (χ0v) is 12.0. The van der Waals surface area contributed by atoms with Crippen molar-refractivity contribution in [3.8, 4) is 0 Å². The number of carbonyl (C=O) groups excluding carboxylic acids is 1. The average Bonchev–Trinajstić information content (AvgIpc) is 2.41. The van der Waals surface area contributed by atoms with Gasteiger partial charge in [0.25, 0.3) is 5.91 Å². The fourth-order valence-corrected chi connectivity index (χ4v) is 1.65. The molecule has 1 amide bonds. The van der Waals surface area contributed by atoms with Crippen molar-refractivity contribution in [1.29, 1.82) is 0 Å². The fourth-order valence-electron chi connectivity index (χ4n) is 1.65. The van der Waals surface area contributed by atoms with Crippen molar-refractivity contribution in [3.05, 3.63) is 29.8 Å². The summed E-state index contributed by atoms with van der Waals surface area (Å²) in [5.41, 5.74) is 1.56. The molecule has 1 rings (SSSR count). The normalized spacial score (nSPS) is 10.5. The van der Waals surface area contributed by atoms with Crippen LogP contribution in [0.1, 0.15) is 37.6 Å². The van der Waals surface area contributed by atoms with Crippen molar-refractivity contribution in [2.75, 3.05) is 25.0 Å². The molecular formula is C15H24N2O2. The number of anilines is 1. The summed E-state index contributed by atoms with van der Waals surface area (Å²) >= 11 is 0. The van der Waals surface area contributed by atoms with Crippen molar-refractivity contribution in [2.45, 2.75) is 33.3 Å². The minimum atomic E-state index is -0.0634. The van der Waals surface area contributed by atoms with Crippen molar-refractivity contribution >= 4 is 11.6 Å². The first-order chi connectivity index (χ1) is 9.15. The van der Waals surface area contributed by atoms with Gasteiger partial charge in [0.1, 0.15) is 0 Å². The lowest BCUT2D eigenvalue weighted by atomic mass is 10.1. The maximum absolute atomic E-state index is 12.1. The maximum atomic E-state index is 12.1. The molecule has 19 heavy (non-hydrogen) atoms. The molecule has 0 fully saturated rings. The molecule has 1 aromatic rings. The maximum Gasteiger partial charge on any atom is 0.253 e. The topological polar surface area (TPSA) is 50.4 Å². The molecule has 4 heteroatoms. The van der Waals surface area contributed by atoms with E-state index in [1.54, 1.807) is 0 Å². The van der Waals surface area contributed by atoms with Crippen molar-refractivity contribution in [3.63, 3.8) is 0 Å². The number of carbonyl (C=O) groups is 1. The smallest absolute Gasteiger partial charge is 0.253 e. The molecule has 0 saturated carbocycles. The number of amides is 1. The lowest BCUT2D eigenvalue weighted by Gasteiger charge is -2.12. The standard InChI is InChI=1S/C15H24N2O2/c1-4-9-16-14-8-6-5-7-13(14)15(18)17-10-11-19-12(2)3/h5-8,12,16H,4,9-11H2,1-3H3,(H,17,18). The van der Waals surface area contributed by atoms with Gasteiger partial charge in [-0.05, 0) is 32.4 Å². The summed E-state index contributed by atoms with van der Waals surface area (Å²) in [6, 6.07) is 7.55. The van der Waals surface area contributed by atoms with Crippen molar-refractivity contribution < 1.29 is 9.53 Å². The number of rotatable bonds is 8. The third-order valence-electron chi connectivity index (χ3n) is 2.58. The van der Waals surface area contributed by atoms with Crippen LogP contribution in [0.5, 0.6) is 0 Å². The van der Waals surface area contributed by atoms with Gasteiger partial charge in [0.05, 0.1) is 18.3 Å². The summed E-state index contributed by atoms with van der Waals surface area (Å²) in [7, 11) is 0. The predicted octanol–water partition coefficient (Wildman–Crippen LogP) is 2.66. The van der Waals surface area contributed by atoms with Gasteiger partial charge in [-0.15, -0.1) is 0 Å². The van der Waals surface area contributed by atoms with Crippen LogP contribution in [-0.4, -0.2) is 31.7 Å². The minimum Gasteiger partial charge on any atom is -0.384 e. The van der Waals surface area contributed by atoms with Gasteiger partial charge >= 0.3 is 0 Å². The van der Waals surface area contributed by atoms with E-state index in [2.05, 4.69) is 17.6 Å². The van der Waals surface area contributed by atoms with E-state index in [0.717, 1.165) is 18.7 Å². The third kappa shape index (κ3) is 5.75. The molecule has 0 spiro atoms. The largest absolute Gasteiger partial charge is 0.384 e. The van der Waals surface area contributed by atoms with Gasteiger partial charge in [-0.2, -0.15) is 0 Å². The van der Waals surface area contributed by atoms with Crippen LogP contribution in [0.4, 0.5) is 5.69 Å². The van der Waals surface area contributed by atoms with Crippen LogP contribution >= 0.6 is 0 Å². The number of ether oxygens (including phenoxy) is 1. The summed E-state index contributed by atoms with van der Waals surface area (Å²) < 4.78 is 5.39. The van der Waals surface area contributed by atoms with E-state index < -0.39 is 0 Å². The minimum absolute atomic E-state index is 0.0634. The second kappa shape index (κ2) is 8.53. The highest BCUT2D eigenvalue weighted by Crippen LogP contribution is 2.14. The molecule has 0 bridgehead atoms. The molecule has 0 aromatic heterocycles. The number of hydrogen-bond acceptors (Lipinski definition) is 3. The summed E-state index contributed by atoms with van der Waals surface area (Å²) in [5, 5.41) is 6.13. The number of benzene rings is 1. The van der Waals surface area contributed by atoms with Crippen molar-refractivity contribution in [2.24, 2.45) is 0 Å². The Hall–Kier alpha value is -1.55. The van der Waals surface area contributed by atoms with E-state index >= 15 is 0 Å². The van der Waals surface area contributed by atoms with E-state index in [1.807, 2.05) is 38.1 Å². The van der Waals surface area contributed by atoms with Crippen LogP contribution in [0.15, 0.2) is 24.3 Å². The Bertz CT molecular complexity index is 391. The summed E-state index contributed by atoms with van der Waals surface area (Å²) in [6.07, 6.45) is 1.22. The van der Waals surface area contributed by atoms with E-state index in [4.69, 9.17) is 4.74 Å². The first kappa shape index (κ1) is 15.5. The van der Waals surface area contributed by atoms with E-state index in [1.165, 1.54) is 0 Å². The molecule has 0 radical (unpaired) electrons. The van der Waals surface area contributed by atoms with Crippen LogP contribution in [0.3, 0.4) is 0 Å². The molecule has 0 aliphatic carbocycles. The Kier molecular flexibility index (Phi) is 6.97. The molecule has 0 heterocycles. The zero-order valence-electron chi connectivity index (χ0n) is 12.0. The Balaban J connectivity index is 2.51. The molecule has 0 unspecified atom stereocenters. The molecular weight excluding hydrogens is 240 g/mol. The SMILES string of the molecule is CCCNc1ccccc1C(=O)NCCOC(C)C. The lowest BCUT2D eigenvalue weighted by molar-refractivity contribution is 0.0747. The van der Waals surface area contributed by atoms with Gasteiger partial charge in [-0.25, -0.2) is 0 Å². The Morgan fingerprint density at radius 2 is 2.00 bits per heavy atom. The molecule has 1 aromatic carbocycles. The third-order valence-corrected chi connectivity index (χ3v) is 2.58. The molecule has 0 aliphatic rings. The number of para-hydroxylation sites is 1. The summed E-state index contributed by atoms with van der Waals surface area (Å²) in [5.74, 6) is -0.0634. The van der Waals surface area contributed by atoms with Crippen LogP contribution in [0.25, 0.3) is 0 Å². The van der Waals surface area contributed by atoms with Crippen molar-refractivity contribution in [1.82, 2.24) is 5.32 Å². The quantitative estimate of drug-likeness (QED) is 0.710. The Morgan fingerprint density at radius 3 is 2.68 bits per heavy atom. The molecule has 0 saturated heterocycles. The fraction of sp³-hybridized carbons (Fsp3) is 0.533. The Labute approximate surface area is 115 Å². The van der Waals surface area contributed by atoms with Gasteiger partial charge in [-0.3, -0.25) is 4.79 Å². The van der Waals surface area contributed by atoms with E-state index in [-0.39, 0.29) is 12.0 Å². The first-order valence-corrected chi connectivity index (χ1v) is 6.87. The predicted molar refractivity (Wildman–Crippen MR) is 78.6 cm³/mol. The second-order valence-electron chi connectivity index (χ2n) is 4.65. The van der Waals surface area contributed by atoms with E-state index in [0.29, 0.717) is 18.7 Å². The van der Waals surface area contributed by atoms with Crippen LogP contribution in [-0.2, 0) is 4.74 Å². The number of nitrogens with one attached hydrogen (secondary N) is 2. The molecule has 4 nitrogen and oxygen atoms in total. The average molecular weight is 264 g/mol. The van der Waals surface area contributed by atoms with Crippen LogP contribution in [0.2, 0.25) is 0 Å².